The van der Waals surface area contributed by atoms with Crippen LogP contribution < -0.4 is 35.8 Å². The Labute approximate surface area is 457 Å². The zero-order chi connectivity index (χ0) is 57.2. The molecule has 0 aromatic heterocycles. The van der Waals surface area contributed by atoms with Crippen LogP contribution in [-0.2, 0) is 53.8 Å². The number of ether oxygens (including phenoxy) is 7. The number of anilines is 2. The van der Waals surface area contributed by atoms with Gasteiger partial charge in [0.25, 0.3) is 7.52 Å². The Morgan fingerprint density at radius 2 is 1.15 bits per heavy atom. The lowest BCUT2D eigenvalue weighted by Crippen LogP contribution is -2.68. The molecule has 0 bridgehead atoms. The van der Waals surface area contributed by atoms with Crippen molar-refractivity contribution in [2.75, 3.05) is 50.8 Å². The van der Waals surface area contributed by atoms with Gasteiger partial charge in [0.15, 0.2) is 6.29 Å². The molecule has 436 valence electrons. The number of amides is 4. The molecular weight excluding hydrogens is 1060 g/mol. The lowest BCUT2D eigenvalue weighted by Gasteiger charge is -2.49. The number of carbonyl (C=O) groups is 2. The summed E-state index contributed by atoms with van der Waals surface area (Å²) >= 11 is 0. The molecule has 4 aromatic rings. The molecule has 0 radical (unpaired) electrons. The van der Waals surface area contributed by atoms with Crippen molar-refractivity contribution in [2.45, 2.75) is 140 Å². The van der Waals surface area contributed by atoms with Gasteiger partial charge in [0, 0.05) is 17.5 Å². The van der Waals surface area contributed by atoms with Crippen molar-refractivity contribution in [3.8, 4) is 11.5 Å². The highest BCUT2D eigenvalue weighted by molar-refractivity contribution is 7.55. The molecule has 10 atom stereocenters. The van der Waals surface area contributed by atoms with E-state index in [2.05, 4.69) is 33.3 Å². The Morgan fingerprint density at radius 1 is 0.658 bits per heavy atom. The average molecular weight is 1140 g/mol. The highest BCUT2D eigenvalue weighted by atomic mass is 31.2. The van der Waals surface area contributed by atoms with Crippen molar-refractivity contribution < 1.29 is 78.5 Å². The third-order valence-corrected chi connectivity index (χ3v) is 15.7. The van der Waals surface area contributed by atoms with E-state index < -0.39 is 91.7 Å². The molecular formula is C56H74F6N5O11P. The zero-order valence-electron chi connectivity index (χ0n) is 45.1. The van der Waals surface area contributed by atoms with Gasteiger partial charge in [-0.15, -0.1) is 0 Å². The molecule has 2 saturated heterocycles. The van der Waals surface area contributed by atoms with Crippen LogP contribution in [0.1, 0.15) is 94.4 Å². The number of benzene rings is 4. The van der Waals surface area contributed by atoms with Crippen LogP contribution in [0.4, 0.5) is 47.3 Å². The normalized spacial score (nSPS) is 23.3. The summed E-state index contributed by atoms with van der Waals surface area (Å²) in [6, 6.07) is 16.9. The first-order valence-electron chi connectivity index (χ1n) is 26.6. The first-order chi connectivity index (χ1) is 37.7. The number of nitrogens with one attached hydrogen (secondary N) is 5. The first-order valence-corrected chi connectivity index (χ1v) is 28.4. The molecule has 2 aliphatic rings. The Morgan fingerprint density at radius 3 is 1.66 bits per heavy atom. The maximum Gasteiger partial charge on any atom is 0.416 e. The number of methoxy groups -OCH3 is 2. The van der Waals surface area contributed by atoms with Crippen LogP contribution in [0.5, 0.6) is 11.5 Å². The minimum absolute atomic E-state index is 0.00332. The molecule has 2 heterocycles. The van der Waals surface area contributed by atoms with Gasteiger partial charge < -0.3 is 59.3 Å². The van der Waals surface area contributed by atoms with Gasteiger partial charge in [-0.05, 0) is 90.0 Å². The quantitative estimate of drug-likeness (QED) is 0.0188. The summed E-state index contributed by atoms with van der Waals surface area (Å²) < 4.78 is 140. The molecule has 0 spiro atoms. The molecule has 6 N–H and O–H groups in total. The second-order valence-corrected chi connectivity index (χ2v) is 22.1. The van der Waals surface area contributed by atoms with Crippen LogP contribution >= 0.6 is 7.52 Å². The number of urea groups is 2. The van der Waals surface area contributed by atoms with Crippen LogP contribution in [0, 0.1) is 11.8 Å². The fourth-order valence-corrected chi connectivity index (χ4v) is 11.0. The Bertz CT molecular complexity index is 2570. The van der Waals surface area contributed by atoms with Crippen LogP contribution in [0.15, 0.2) is 97.1 Å². The van der Waals surface area contributed by atoms with Crippen molar-refractivity contribution in [1.82, 2.24) is 15.7 Å². The third kappa shape index (κ3) is 19.7. The monoisotopic (exact) mass is 1140 g/mol. The molecule has 2 fully saturated rings. The third-order valence-electron chi connectivity index (χ3n) is 14.1. The van der Waals surface area contributed by atoms with Gasteiger partial charge >= 0.3 is 24.4 Å². The van der Waals surface area contributed by atoms with Crippen LogP contribution in [0.3, 0.4) is 0 Å². The first kappa shape index (κ1) is 62.7. The van der Waals surface area contributed by atoms with Gasteiger partial charge in [0.05, 0.1) is 88.7 Å². The molecule has 0 aliphatic carbocycles. The predicted octanol–water partition coefficient (Wildman–Crippen LogP) is 11.9. The summed E-state index contributed by atoms with van der Waals surface area (Å²) in [5.74, 6) is 0.358. The summed E-state index contributed by atoms with van der Waals surface area (Å²) in [4.78, 5) is 39.7. The van der Waals surface area contributed by atoms with E-state index in [4.69, 9.17) is 33.2 Å². The van der Waals surface area contributed by atoms with Crippen molar-refractivity contribution in [1.29, 1.82) is 0 Å². The van der Waals surface area contributed by atoms with Gasteiger partial charge in [0.2, 0.25) is 0 Å². The molecule has 2 aliphatic heterocycles. The van der Waals surface area contributed by atoms with E-state index in [1.165, 1.54) is 19.2 Å². The molecule has 4 amide bonds. The van der Waals surface area contributed by atoms with Gasteiger partial charge in [0.1, 0.15) is 17.6 Å². The minimum atomic E-state index is -4.72. The van der Waals surface area contributed by atoms with E-state index in [1.807, 2.05) is 26.0 Å². The average Bonchev–Trinajstić information content (AvgIpc) is 3.43. The maximum atomic E-state index is 14.5. The van der Waals surface area contributed by atoms with Crippen molar-refractivity contribution in [2.24, 2.45) is 11.8 Å². The van der Waals surface area contributed by atoms with Crippen molar-refractivity contribution in [3.05, 3.63) is 119 Å². The van der Waals surface area contributed by atoms with E-state index in [0.29, 0.717) is 24.3 Å². The highest BCUT2D eigenvalue weighted by Gasteiger charge is 2.50. The molecule has 5 unspecified atom stereocenters. The number of hydrogen-bond donors (Lipinski definition) is 6. The van der Waals surface area contributed by atoms with E-state index in [0.717, 1.165) is 86.1 Å². The van der Waals surface area contributed by atoms with E-state index in [1.54, 1.807) is 43.5 Å². The van der Waals surface area contributed by atoms with Crippen LogP contribution in [0.2, 0.25) is 0 Å². The SMILES string of the molecule is CCCCCCCCCCP(=O)(O)N[C@H]1C(COCc2ccc(OC)cc2)OCC(NC(=O)Nc2cccc(C(F)(F)F)c2)[C@H]1O[C@@H]1OC(COCc2ccc(OC)cc2)[C@@H](C)[C@H](C)C1NC(=O)Nc1cccc(C(F)(F)F)c1. The lowest BCUT2D eigenvalue weighted by atomic mass is 9.82. The fourth-order valence-electron chi connectivity index (χ4n) is 9.44. The number of halogens is 6. The smallest absolute Gasteiger partial charge is 0.416 e. The predicted molar refractivity (Wildman–Crippen MR) is 286 cm³/mol. The second kappa shape index (κ2) is 29.8. The van der Waals surface area contributed by atoms with Crippen LogP contribution in [-0.4, -0.2) is 99.9 Å². The maximum absolute atomic E-state index is 14.5. The molecule has 6 rings (SSSR count). The summed E-state index contributed by atoms with van der Waals surface area (Å²) in [5.41, 5.74) is -0.779. The summed E-state index contributed by atoms with van der Waals surface area (Å²) in [6.45, 7) is 5.54. The minimum Gasteiger partial charge on any atom is -0.497 e. The number of carbonyl (C=O) groups excluding carboxylic acids is 2. The van der Waals surface area contributed by atoms with Gasteiger partial charge in [-0.1, -0.05) is 102 Å². The Kier molecular flexibility index (Phi) is 23.7. The summed E-state index contributed by atoms with van der Waals surface area (Å²) in [5, 5.41) is 13.4. The molecule has 0 saturated carbocycles. The van der Waals surface area contributed by atoms with Crippen molar-refractivity contribution in [3.63, 3.8) is 0 Å². The largest absolute Gasteiger partial charge is 0.497 e. The molecule has 4 aromatic carbocycles. The van der Waals surface area contributed by atoms with E-state index in [-0.39, 0.29) is 56.5 Å². The summed E-state index contributed by atoms with van der Waals surface area (Å²) in [6.07, 6.45) is -6.97. The Hall–Kier alpha value is -5.45. The Balaban J connectivity index is 1.35. The number of unbranched alkanes of at least 4 members (excludes halogenated alkanes) is 7. The molecule has 16 nitrogen and oxygen atoms in total. The standard InChI is InChI=1S/C56H74F6N5O11P/c1-6-7-8-9-10-11-12-13-28-79(70,71)67-50-48(35-75-32-39-22-26-45(73-5)27-23-39)76-33-46(65-53(68)63-42-18-14-16-40(29-42)55(57,58)59)51(50)78-52-49(66-54(69)64-43-19-15-17-41(30-43)56(60,61)62)37(3)36(2)47(77-52)34-74-31-38-20-24-44(72-4)25-21-38/h14-27,29-30,36-37,46-52H,6-13,28,31-35H2,1-5H3,(H2,63,65,68)(H2,64,66,69)(H2,67,70,71)/t36-,37-,46?,47?,48?,49?,50-,51+,52-/m0/s1. The van der Waals surface area contributed by atoms with E-state index >= 15 is 0 Å². The topological polar surface area (TPSA) is 196 Å². The fraction of sp³-hybridized carbons (Fsp3) is 0.536. The molecule has 79 heavy (non-hydrogen) atoms. The van der Waals surface area contributed by atoms with Crippen molar-refractivity contribution >= 4 is 31.0 Å². The summed E-state index contributed by atoms with van der Waals surface area (Å²) in [7, 11) is -1.22. The van der Waals surface area contributed by atoms with E-state index in [9.17, 15) is 45.4 Å². The zero-order valence-corrected chi connectivity index (χ0v) is 46.0. The van der Waals surface area contributed by atoms with Crippen LogP contribution in [0.25, 0.3) is 0 Å². The van der Waals surface area contributed by atoms with Gasteiger partial charge in [-0.3, -0.25) is 4.57 Å². The van der Waals surface area contributed by atoms with Gasteiger partial charge in [-0.2, -0.15) is 26.3 Å². The molecule has 23 heteroatoms. The number of alkyl halides is 6. The second-order valence-electron chi connectivity index (χ2n) is 20.0. The lowest BCUT2D eigenvalue weighted by molar-refractivity contribution is -0.276. The van der Waals surface area contributed by atoms with Gasteiger partial charge in [-0.25, -0.2) is 14.7 Å². The highest BCUT2D eigenvalue weighted by Crippen LogP contribution is 2.41. The number of hydrogen-bond acceptors (Lipinski definition) is 10. The number of rotatable bonds is 27.